The zero-order chi connectivity index (χ0) is 6.85. The summed E-state index contributed by atoms with van der Waals surface area (Å²) < 4.78 is 1.22. The van der Waals surface area contributed by atoms with E-state index in [1.807, 2.05) is 25.2 Å². The predicted octanol–water partition coefficient (Wildman–Crippen LogP) is 1.87. The van der Waals surface area contributed by atoms with E-state index in [9.17, 15) is 0 Å². The fraction of sp³-hybridized carbons (Fsp3) is 0.429. The largest absolute Gasteiger partial charge is 0.392 e. The van der Waals surface area contributed by atoms with Crippen LogP contribution in [0.25, 0.3) is 0 Å². The van der Waals surface area contributed by atoms with E-state index in [-0.39, 0.29) is 12.0 Å². The van der Waals surface area contributed by atoms with Crippen LogP contribution in [0.15, 0.2) is 21.8 Å². The Kier molecular flexibility index (Phi) is 2.29. The Morgan fingerprint density at radius 2 is 2.44 bits per heavy atom. The van der Waals surface area contributed by atoms with Crippen molar-refractivity contribution in [2.75, 3.05) is 0 Å². The second-order valence-corrected chi connectivity index (χ2v) is 3.45. The highest BCUT2D eigenvalue weighted by molar-refractivity contribution is 14.1. The van der Waals surface area contributed by atoms with E-state index in [0.717, 1.165) is 0 Å². The molecule has 0 amide bonds. The molecule has 0 radical (unpaired) electrons. The molecule has 1 unspecified atom stereocenters. The van der Waals surface area contributed by atoms with E-state index < -0.39 is 0 Å². The van der Waals surface area contributed by atoms with Gasteiger partial charge in [0.05, 0.1) is 6.10 Å². The van der Waals surface area contributed by atoms with Crippen LogP contribution in [0.2, 0.25) is 0 Å². The van der Waals surface area contributed by atoms with Crippen molar-refractivity contribution in [2.45, 2.75) is 13.0 Å². The second-order valence-electron chi connectivity index (χ2n) is 2.20. The van der Waals surface area contributed by atoms with Gasteiger partial charge in [0.15, 0.2) is 0 Å². The molecule has 0 saturated carbocycles. The molecule has 0 aromatic carbocycles. The van der Waals surface area contributed by atoms with Gasteiger partial charge >= 0.3 is 0 Å². The van der Waals surface area contributed by atoms with Gasteiger partial charge in [-0.3, -0.25) is 0 Å². The van der Waals surface area contributed by atoms with Gasteiger partial charge < -0.3 is 5.11 Å². The van der Waals surface area contributed by atoms with Crippen molar-refractivity contribution in [3.8, 4) is 0 Å². The fourth-order valence-electron chi connectivity index (χ4n) is 0.861. The van der Waals surface area contributed by atoms with Crippen molar-refractivity contribution in [1.29, 1.82) is 0 Å². The average molecular weight is 236 g/mol. The van der Waals surface area contributed by atoms with E-state index in [1.54, 1.807) is 0 Å². The van der Waals surface area contributed by atoms with Crippen molar-refractivity contribution >= 4 is 22.6 Å². The minimum Gasteiger partial charge on any atom is -0.392 e. The monoisotopic (exact) mass is 236 g/mol. The highest BCUT2D eigenvalue weighted by Gasteiger charge is 2.16. The molecule has 2 atom stereocenters. The third-order valence-corrected chi connectivity index (χ3v) is 2.49. The molecule has 9 heavy (non-hydrogen) atoms. The summed E-state index contributed by atoms with van der Waals surface area (Å²) in [7, 11) is 0. The first-order valence-corrected chi connectivity index (χ1v) is 4.01. The van der Waals surface area contributed by atoms with Gasteiger partial charge in [-0.1, -0.05) is 18.2 Å². The van der Waals surface area contributed by atoms with Crippen molar-refractivity contribution in [2.24, 2.45) is 5.92 Å². The first kappa shape index (κ1) is 7.28. The Bertz CT molecular complexity index is 158. The quantitative estimate of drug-likeness (QED) is 0.689. The molecule has 0 saturated heterocycles. The van der Waals surface area contributed by atoms with Crippen LogP contribution in [0.5, 0.6) is 0 Å². The topological polar surface area (TPSA) is 20.2 Å². The van der Waals surface area contributed by atoms with Gasteiger partial charge in [-0.25, -0.2) is 0 Å². The molecular weight excluding hydrogens is 227 g/mol. The summed E-state index contributed by atoms with van der Waals surface area (Å²) in [6.45, 7) is 1.81. The molecule has 0 aliphatic heterocycles. The molecule has 0 fully saturated rings. The van der Waals surface area contributed by atoms with Gasteiger partial charge in [-0.15, -0.1) is 0 Å². The van der Waals surface area contributed by atoms with Crippen molar-refractivity contribution in [1.82, 2.24) is 0 Å². The van der Waals surface area contributed by atoms with Crippen LogP contribution >= 0.6 is 22.6 Å². The number of aliphatic hydroxyl groups excluding tert-OH is 1. The van der Waals surface area contributed by atoms with Gasteiger partial charge in [-0.2, -0.15) is 0 Å². The van der Waals surface area contributed by atoms with E-state index >= 15 is 0 Å². The normalized spacial score (nSPS) is 28.3. The summed E-state index contributed by atoms with van der Waals surface area (Å²) in [5, 5.41) is 9.13. The Balaban J connectivity index is 2.63. The summed E-state index contributed by atoms with van der Waals surface area (Å²) >= 11 is 2.25. The lowest BCUT2D eigenvalue weighted by Crippen LogP contribution is -2.12. The fourth-order valence-corrected chi connectivity index (χ4v) is 1.80. The molecule has 1 rings (SSSR count). The first-order chi connectivity index (χ1) is 4.22. The zero-order valence-electron chi connectivity index (χ0n) is 5.21. The second kappa shape index (κ2) is 2.84. The number of hydrogen-bond donors (Lipinski definition) is 1. The van der Waals surface area contributed by atoms with Crippen LogP contribution in [0.3, 0.4) is 0 Å². The molecule has 0 aromatic rings. The maximum absolute atomic E-state index is 9.13. The van der Waals surface area contributed by atoms with E-state index in [0.29, 0.717) is 0 Å². The molecule has 1 aliphatic carbocycles. The molecule has 1 aliphatic rings. The number of hydrogen-bond acceptors (Lipinski definition) is 1. The van der Waals surface area contributed by atoms with Crippen LogP contribution < -0.4 is 0 Å². The number of aliphatic hydroxyl groups is 1. The molecule has 1 nitrogen and oxygen atoms in total. The molecule has 0 heterocycles. The third kappa shape index (κ3) is 1.55. The molecule has 0 aromatic heterocycles. The Morgan fingerprint density at radius 1 is 1.78 bits per heavy atom. The van der Waals surface area contributed by atoms with E-state index in [4.69, 9.17) is 5.11 Å². The van der Waals surface area contributed by atoms with Crippen molar-refractivity contribution in [3.63, 3.8) is 0 Å². The molecule has 0 spiro atoms. The lowest BCUT2D eigenvalue weighted by atomic mass is 10.1. The number of allylic oxidation sites excluding steroid dienone is 2. The van der Waals surface area contributed by atoms with Crippen LogP contribution in [0.4, 0.5) is 0 Å². The summed E-state index contributed by atoms with van der Waals surface area (Å²) in [5.41, 5.74) is 0. The first-order valence-electron chi connectivity index (χ1n) is 2.94. The molecular formula is C7H9IO. The highest BCUT2D eigenvalue weighted by Crippen LogP contribution is 2.27. The van der Waals surface area contributed by atoms with E-state index in [2.05, 4.69) is 22.6 Å². The van der Waals surface area contributed by atoms with Crippen LogP contribution in [0.1, 0.15) is 6.92 Å². The SMILES string of the molecule is C[C@H](O)C1C=CC=C1I. The summed E-state index contributed by atoms with van der Waals surface area (Å²) in [4.78, 5) is 0. The van der Waals surface area contributed by atoms with Crippen LogP contribution in [-0.4, -0.2) is 11.2 Å². The van der Waals surface area contributed by atoms with Crippen LogP contribution in [-0.2, 0) is 0 Å². The number of rotatable bonds is 1. The van der Waals surface area contributed by atoms with Gasteiger partial charge in [0, 0.05) is 9.50 Å². The maximum atomic E-state index is 9.13. The molecule has 1 N–H and O–H groups in total. The lowest BCUT2D eigenvalue weighted by Gasteiger charge is -2.10. The van der Waals surface area contributed by atoms with Crippen LogP contribution in [0, 0.1) is 5.92 Å². The van der Waals surface area contributed by atoms with E-state index in [1.165, 1.54) is 3.58 Å². The highest BCUT2D eigenvalue weighted by atomic mass is 127. The van der Waals surface area contributed by atoms with Gasteiger partial charge in [0.1, 0.15) is 0 Å². The summed E-state index contributed by atoms with van der Waals surface area (Å²) in [5.74, 6) is 0.255. The zero-order valence-corrected chi connectivity index (χ0v) is 7.37. The Labute approximate surface area is 68.6 Å². The summed E-state index contributed by atoms with van der Waals surface area (Å²) in [6, 6.07) is 0. The summed E-state index contributed by atoms with van der Waals surface area (Å²) in [6.07, 6.45) is 5.79. The van der Waals surface area contributed by atoms with Crippen molar-refractivity contribution in [3.05, 3.63) is 21.8 Å². The maximum Gasteiger partial charge on any atom is 0.0619 e. The minimum absolute atomic E-state index is 0.244. The average Bonchev–Trinajstić information content (AvgIpc) is 2.13. The van der Waals surface area contributed by atoms with Gasteiger partial charge in [0.25, 0.3) is 0 Å². The Hall–Kier alpha value is 0.170. The molecule has 50 valence electrons. The minimum atomic E-state index is -0.244. The number of halogens is 1. The smallest absolute Gasteiger partial charge is 0.0619 e. The Morgan fingerprint density at radius 3 is 2.67 bits per heavy atom. The lowest BCUT2D eigenvalue weighted by molar-refractivity contribution is 0.169. The van der Waals surface area contributed by atoms with Gasteiger partial charge in [0.2, 0.25) is 0 Å². The van der Waals surface area contributed by atoms with Crippen molar-refractivity contribution < 1.29 is 5.11 Å². The molecule has 0 bridgehead atoms. The predicted molar refractivity (Wildman–Crippen MR) is 46.4 cm³/mol. The molecule has 2 heteroatoms. The third-order valence-electron chi connectivity index (χ3n) is 1.41. The van der Waals surface area contributed by atoms with Gasteiger partial charge in [-0.05, 0) is 29.5 Å². The standard InChI is InChI=1S/C7H9IO/c1-5(9)6-3-2-4-7(6)8/h2-6,9H,1H3/t5-,6?/m0/s1.